The molecule has 1 saturated carbocycles. The fourth-order valence-corrected chi connectivity index (χ4v) is 3.75. The number of hydrogen-bond donors (Lipinski definition) is 1. The van der Waals surface area contributed by atoms with Crippen molar-refractivity contribution in [1.29, 1.82) is 0 Å². The monoisotopic (exact) mass is 280 g/mol. The second-order valence-corrected chi connectivity index (χ2v) is 6.68. The standard InChI is InChI=1S/C14H20N2O2S/c17-14(18)13-12(10-5-6-10)15-11(19-13)9-16-7-3-1-2-4-8-16/h10H,1-9H2,(H,17,18). The Balaban J connectivity index is 1.73. The molecule has 1 saturated heterocycles. The average Bonchev–Trinajstić information content (AvgIpc) is 3.16. The molecule has 0 radical (unpaired) electrons. The topological polar surface area (TPSA) is 53.4 Å². The number of aromatic nitrogens is 1. The predicted octanol–water partition coefficient (Wildman–Crippen LogP) is 3.09. The van der Waals surface area contributed by atoms with E-state index in [0.717, 1.165) is 43.2 Å². The van der Waals surface area contributed by atoms with E-state index in [1.807, 2.05) is 0 Å². The summed E-state index contributed by atoms with van der Waals surface area (Å²) < 4.78 is 0. The number of carboxylic acids is 1. The van der Waals surface area contributed by atoms with Gasteiger partial charge >= 0.3 is 5.97 Å². The Morgan fingerprint density at radius 3 is 2.53 bits per heavy atom. The van der Waals surface area contributed by atoms with Crippen LogP contribution in [0, 0.1) is 0 Å². The van der Waals surface area contributed by atoms with Crippen LogP contribution in [-0.2, 0) is 6.54 Å². The quantitative estimate of drug-likeness (QED) is 0.920. The maximum Gasteiger partial charge on any atom is 0.347 e. The van der Waals surface area contributed by atoms with Crippen LogP contribution in [0.5, 0.6) is 0 Å². The summed E-state index contributed by atoms with van der Waals surface area (Å²) in [6.07, 6.45) is 7.36. The van der Waals surface area contributed by atoms with E-state index in [0.29, 0.717) is 10.8 Å². The third-order valence-corrected chi connectivity index (χ3v) is 4.96. The molecule has 104 valence electrons. The molecule has 2 heterocycles. The molecule has 0 unspecified atom stereocenters. The van der Waals surface area contributed by atoms with Crippen LogP contribution in [-0.4, -0.2) is 34.0 Å². The van der Waals surface area contributed by atoms with Crippen molar-refractivity contribution in [3.05, 3.63) is 15.6 Å². The number of aromatic carboxylic acids is 1. The Morgan fingerprint density at radius 1 is 1.26 bits per heavy atom. The molecule has 0 atom stereocenters. The zero-order valence-electron chi connectivity index (χ0n) is 11.1. The fraction of sp³-hybridized carbons (Fsp3) is 0.714. The summed E-state index contributed by atoms with van der Waals surface area (Å²) in [5.74, 6) is -0.387. The van der Waals surface area contributed by atoms with Gasteiger partial charge in [0.2, 0.25) is 0 Å². The van der Waals surface area contributed by atoms with E-state index in [9.17, 15) is 9.90 Å². The molecule has 1 aromatic rings. The van der Waals surface area contributed by atoms with Crippen molar-refractivity contribution in [2.75, 3.05) is 13.1 Å². The van der Waals surface area contributed by atoms with Crippen LogP contribution in [0.3, 0.4) is 0 Å². The third-order valence-electron chi connectivity index (χ3n) is 3.91. The summed E-state index contributed by atoms with van der Waals surface area (Å²) in [7, 11) is 0. The van der Waals surface area contributed by atoms with Crippen molar-refractivity contribution in [3.63, 3.8) is 0 Å². The Kier molecular flexibility index (Phi) is 3.84. The summed E-state index contributed by atoms with van der Waals surface area (Å²) in [6.45, 7) is 3.08. The number of hydrogen-bond acceptors (Lipinski definition) is 4. The molecule has 1 N–H and O–H groups in total. The zero-order valence-corrected chi connectivity index (χ0v) is 11.9. The lowest BCUT2D eigenvalue weighted by molar-refractivity contribution is 0.0700. The van der Waals surface area contributed by atoms with Crippen LogP contribution >= 0.6 is 11.3 Å². The number of carbonyl (C=O) groups is 1. The van der Waals surface area contributed by atoms with Gasteiger partial charge in [-0.15, -0.1) is 11.3 Å². The molecule has 0 bridgehead atoms. The van der Waals surface area contributed by atoms with Crippen LogP contribution in [0.1, 0.15) is 64.8 Å². The predicted molar refractivity (Wildman–Crippen MR) is 74.8 cm³/mol. The van der Waals surface area contributed by atoms with Gasteiger partial charge in [-0.05, 0) is 38.8 Å². The minimum absolute atomic E-state index is 0.417. The van der Waals surface area contributed by atoms with Gasteiger partial charge in [-0.2, -0.15) is 0 Å². The zero-order chi connectivity index (χ0) is 13.2. The highest BCUT2D eigenvalue weighted by Crippen LogP contribution is 2.42. The molecule has 2 aliphatic rings. The van der Waals surface area contributed by atoms with Gasteiger partial charge in [-0.1, -0.05) is 12.8 Å². The van der Waals surface area contributed by atoms with Gasteiger partial charge in [0.1, 0.15) is 9.88 Å². The van der Waals surface area contributed by atoms with Crippen molar-refractivity contribution in [2.45, 2.75) is 51.0 Å². The first-order valence-electron chi connectivity index (χ1n) is 7.19. The highest BCUT2D eigenvalue weighted by molar-refractivity contribution is 7.13. The van der Waals surface area contributed by atoms with E-state index in [2.05, 4.69) is 9.88 Å². The Bertz CT molecular complexity index is 460. The van der Waals surface area contributed by atoms with Crippen molar-refractivity contribution in [1.82, 2.24) is 9.88 Å². The number of nitrogens with zero attached hydrogens (tertiary/aromatic N) is 2. The van der Waals surface area contributed by atoms with Crippen LogP contribution in [0.2, 0.25) is 0 Å². The molecule has 3 rings (SSSR count). The molecule has 0 amide bonds. The van der Waals surface area contributed by atoms with E-state index < -0.39 is 5.97 Å². The summed E-state index contributed by atoms with van der Waals surface area (Å²) >= 11 is 1.38. The summed E-state index contributed by atoms with van der Waals surface area (Å²) in [4.78, 5) is 18.8. The molecule has 2 fully saturated rings. The highest BCUT2D eigenvalue weighted by atomic mass is 32.1. The van der Waals surface area contributed by atoms with Crippen molar-refractivity contribution >= 4 is 17.3 Å². The minimum Gasteiger partial charge on any atom is -0.477 e. The van der Waals surface area contributed by atoms with Crippen LogP contribution < -0.4 is 0 Å². The Morgan fingerprint density at radius 2 is 1.95 bits per heavy atom. The van der Waals surface area contributed by atoms with Crippen molar-refractivity contribution < 1.29 is 9.90 Å². The van der Waals surface area contributed by atoms with E-state index in [1.165, 1.54) is 37.0 Å². The van der Waals surface area contributed by atoms with E-state index in [1.54, 1.807) is 0 Å². The van der Waals surface area contributed by atoms with Crippen LogP contribution in [0.15, 0.2) is 0 Å². The van der Waals surface area contributed by atoms with Crippen LogP contribution in [0.25, 0.3) is 0 Å². The van der Waals surface area contributed by atoms with E-state index in [4.69, 9.17) is 0 Å². The van der Waals surface area contributed by atoms with Gasteiger partial charge in [-0.25, -0.2) is 9.78 Å². The third kappa shape index (κ3) is 3.15. The normalized spacial score (nSPS) is 21.3. The molecule has 0 spiro atoms. The van der Waals surface area contributed by atoms with Gasteiger partial charge in [0.05, 0.1) is 12.2 Å². The first-order chi connectivity index (χ1) is 9.24. The van der Waals surface area contributed by atoms with Crippen LogP contribution in [0.4, 0.5) is 0 Å². The SMILES string of the molecule is O=C(O)c1sc(CN2CCCCCC2)nc1C1CC1. The lowest BCUT2D eigenvalue weighted by Gasteiger charge is -2.17. The lowest BCUT2D eigenvalue weighted by Crippen LogP contribution is -2.23. The lowest BCUT2D eigenvalue weighted by atomic mass is 10.2. The smallest absolute Gasteiger partial charge is 0.347 e. The van der Waals surface area contributed by atoms with E-state index >= 15 is 0 Å². The molecular weight excluding hydrogens is 260 g/mol. The maximum absolute atomic E-state index is 11.3. The summed E-state index contributed by atoms with van der Waals surface area (Å²) in [6, 6.07) is 0. The second-order valence-electron chi connectivity index (χ2n) is 5.59. The van der Waals surface area contributed by atoms with Gasteiger partial charge in [-0.3, -0.25) is 4.90 Å². The number of likely N-dealkylation sites (tertiary alicyclic amines) is 1. The van der Waals surface area contributed by atoms with E-state index in [-0.39, 0.29) is 0 Å². The molecule has 5 heteroatoms. The summed E-state index contributed by atoms with van der Waals surface area (Å²) in [5, 5.41) is 10.3. The Hall–Kier alpha value is -0.940. The summed E-state index contributed by atoms with van der Waals surface area (Å²) in [5.41, 5.74) is 0.849. The fourth-order valence-electron chi connectivity index (χ4n) is 2.72. The molecule has 1 aliphatic heterocycles. The maximum atomic E-state index is 11.3. The molecule has 0 aromatic carbocycles. The Labute approximate surface area is 117 Å². The number of rotatable bonds is 4. The molecule has 1 aromatic heterocycles. The van der Waals surface area contributed by atoms with Gasteiger partial charge in [0.15, 0.2) is 0 Å². The average molecular weight is 280 g/mol. The number of carboxylic acid groups (broad SMARTS) is 1. The largest absolute Gasteiger partial charge is 0.477 e. The number of thiazole rings is 1. The molecule has 1 aliphatic carbocycles. The van der Waals surface area contributed by atoms with Crippen molar-refractivity contribution in [3.8, 4) is 0 Å². The first kappa shape index (κ1) is 13.1. The van der Waals surface area contributed by atoms with Gasteiger partial charge < -0.3 is 5.11 Å². The minimum atomic E-state index is -0.804. The molecule has 19 heavy (non-hydrogen) atoms. The molecular formula is C14H20N2O2S. The van der Waals surface area contributed by atoms with Gasteiger partial charge in [0.25, 0.3) is 0 Å². The van der Waals surface area contributed by atoms with Gasteiger partial charge in [0, 0.05) is 5.92 Å². The molecule has 4 nitrogen and oxygen atoms in total. The second kappa shape index (κ2) is 5.59. The highest BCUT2D eigenvalue weighted by Gasteiger charge is 2.32. The van der Waals surface area contributed by atoms with Crippen molar-refractivity contribution in [2.24, 2.45) is 0 Å². The first-order valence-corrected chi connectivity index (χ1v) is 8.01.